The SMILES string of the molecule is CS(=O)(=O)c1ccc(S(=O)(=O)Nc2cc(C(F)(F)F)ccc2OCC(F)(F)F)cc1. The minimum atomic E-state index is -4.90. The van der Waals surface area contributed by atoms with Gasteiger partial charge in [0.2, 0.25) is 0 Å². The Bertz CT molecular complexity index is 1120. The first-order chi connectivity index (χ1) is 13.5. The molecule has 2 aromatic rings. The van der Waals surface area contributed by atoms with Gasteiger partial charge in [-0.05, 0) is 42.5 Å². The van der Waals surface area contributed by atoms with Crippen LogP contribution in [0.15, 0.2) is 52.3 Å². The second kappa shape index (κ2) is 7.98. The second-order valence-corrected chi connectivity index (χ2v) is 9.66. The van der Waals surface area contributed by atoms with Crippen molar-refractivity contribution in [1.29, 1.82) is 0 Å². The number of nitrogens with one attached hydrogen (secondary N) is 1. The summed E-state index contributed by atoms with van der Waals surface area (Å²) in [5.74, 6) is -0.781. The van der Waals surface area contributed by atoms with E-state index in [1.165, 1.54) is 0 Å². The number of halogens is 6. The molecule has 0 aliphatic rings. The molecule has 30 heavy (non-hydrogen) atoms. The zero-order valence-corrected chi connectivity index (χ0v) is 16.5. The fourth-order valence-corrected chi connectivity index (χ4v) is 3.83. The van der Waals surface area contributed by atoms with Crippen LogP contribution in [0.5, 0.6) is 5.75 Å². The van der Waals surface area contributed by atoms with E-state index in [4.69, 9.17) is 0 Å². The summed E-state index contributed by atoms with van der Waals surface area (Å²) < 4.78 is 130. The first-order valence-corrected chi connectivity index (χ1v) is 11.1. The molecule has 14 heteroatoms. The van der Waals surface area contributed by atoms with E-state index in [9.17, 15) is 43.2 Å². The summed E-state index contributed by atoms with van der Waals surface area (Å²) in [4.78, 5) is -0.746. The van der Waals surface area contributed by atoms with Crippen LogP contribution in [0.2, 0.25) is 0 Å². The maximum Gasteiger partial charge on any atom is 0.422 e. The number of anilines is 1. The molecule has 0 spiro atoms. The van der Waals surface area contributed by atoms with Gasteiger partial charge >= 0.3 is 12.4 Å². The molecule has 0 bridgehead atoms. The van der Waals surface area contributed by atoms with Gasteiger partial charge in [-0.15, -0.1) is 0 Å². The van der Waals surface area contributed by atoms with Crippen LogP contribution in [0.1, 0.15) is 5.56 Å². The van der Waals surface area contributed by atoms with Gasteiger partial charge in [-0.25, -0.2) is 16.8 Å². The summed E-state index contributed by atoms with van der Waals surface area (Å²) in [5, 5.41) is 0. The number of benzene rings is 2. The molecule has 0 atom stereocenters. The fourth-order valence-electron chi connectivity index (χ4n) is 2.14. The molecule has 0 saturated heterocycles. The molecule has 0 heterocycles. The number of rotatable bonds is 6. The van der Waals surface area contributed by atoms with Crippen molar-refractivity contribution in [1.82, 2.24) is 0 Å². The average molecular weight is 477 g/mol. The lowest BCUT2D eigenvalue weighted by Crippen LogP contribution is -2.21. The zero-order valence-electron chi connectivity index (χ0n) is 14.9. The molecule has 0 aliphatic carbocycles. The number of ether oxygens (including phenoxy) is 1. The number of alkyl halides is 6. The minimum absolute atomic E-state index is 0.213. The normalized spacial score (nSPS) is 13.2. The maximum atomic E-state index is 12.9. The van der Waals surface area contributed by atoms with E-state index in [-0.39, 0.29) is 11.0 Å². The standard InChI is InChI=1S/C16H13F6NO5S2/c1-29(24,25)11-3-5-12(6-4-11)30(26,27)23-13-8-10(16(20,21)22)2-7-14(13)28-9-15(17,18)19/h2-8,23H,9H2,1H3. The first-order valence-electron chi connectivity index (χ1n) is 7.73. The molecule has 0 saturated carbocycles. The van der Waals surface area contributed by atoms with Gasteiger partial charge in [0.15, 0.2) is 16.4 Å². The molecule has 1 N–H and O–H groups in total. The van der Waals surface area contributed by atoms with Gasteiger partial charge in [-0.2, -0.15) is 26.3 Å². The third-order valence-corrected chi connectivity index (χ3v) is 6.01. The van der Waals surface area contributed by atoms with Gasteiger partial charge < -0.3 is 4.74 Å². The van der Waals surface area contributed by atoms with E-state index in [1.807, 2.05) is 0 Å². The highest BCUT2D eigenvalue weighted by molar-refractivity contribution is 7.92. The molecule has 0 radical (unpaired) electrons. The first kappa shape index (κ1) is 23.8. The molecule has 0 aliphatic heterocycles. The second-order valence-electron chi connectivity index (χ2n) is 5.96. The van der Waals surface area contributed by atoms with Gasteiger partial charge in [0.25, 0.3) is 10.0 Å². The smallest absolute Gasteiger partial charge is 0.422 e. The Hall–Kier alpha value is -2.48. The predicted molar refractivity (Wildman–Crippen MR) is 93.4 cm³/mol. The number of hydrogen-bond donors (Lipinski definition) is 1. The highest BCUT2D eigenvalue weighted by Gasteiger charge is 2.33. The molecule has 2 rings (SSSR count). The van der Waals surface area contributed by atoms with Crippen molar-refractivity contribution in [3.63, 3.8) is 0 Å². The predicted octanol–water partition coefficient (Wildman–Crippen LogP) is 3.85. The number of sulfone groups is 1. The van der Waals surface area contributed by atoms with Gasteiger partial charge in [0, 0.05) is 6.26 Å². The largest absolute Gasteiger partial charge is 0.482 e. The molecule has 6 nitrogen and oxygen atoms in total. The molecule has 2 aromatic carbocycles. The van der Waals surface area contributed by atoms with Crippen LogP contribution in [0.3, 0.4) is 0 Å². The van der Waals surface area contributed by atoms with Gasteiger partial charge in [0.1, 0.15) is 5.75 Å². The highest BCUT2D eigenvalue weighted by atomic mass is 32.2. The van der Waals surface area contributed by atoms with Gasteiger partial charge in [-0.3, -0.25) is 4.72 Å². The average Bonchev–Trinajstić information content (AvgIpc) is 2.58. The molecule has 0 unspecified atom stereocenters. The van der Waals surface area contributed by atoms with E-state index in [1.54, 1.807) is 4.72 Å². The Morgan fingerprint density at radius 3 is 1.87 bits per heavy atom. The molecular weight excluding hydrogens is 464 g/mol. The van der Waals surface area contributed by atoms with Crippen molar-refractivity contribution in [2.45, 2.75) is 22.1 Å². The Morgan fingerprint density at radius 2 is 1.40 bits per heavy atom. The van der Waals surface area contributed by atoms with Gasteiger partial charge in [0.05, 0.1) is 21.0 Å². The Morgan fingerprint density at radius 1 is 0.867 bits per heavy atom. The topological polar surface area (TPSA) is 89.5 Å². The summed E-state index contributed by atoms with van der Waals surface area (Å²) in [6.45, 7) is -1.86. The van der Waals surface area contributed by atoms with Crippen molar-refractivity contribution in [3.8, 4) is 5.75 Å². The van der Waals surface area contributed by atoms with Crippen molar-refractivity contribution < 1.29 is 47.9 Å². The summed E-state index contributed by atoms with van der Waals surface area (Å²) in [6, 6.07) is 4.94. The Labute approximate surface area is 167 Å². The highest BCUT2D eigenvalue weighted by Crippen LogP contribution is 2.36. The van der Waals surface area contributed by atoms with Crippen LogP contribution in [0.4, 0.5) is 32.0 Å². The summed E-state index contributed by atoms with van der Waals surface area (Å²) in [6.07, 6.45) is -8.85. The van der Waals surface area contributed by atoms with E-state index < -0.39 is 60.7 Å². The van der Waals surface area contributed by atoms with Crippen molar-refractivity contribution in [3.05, 3.63) is 48.0 Å². The van der Waals surface area contributed by atoms with Crippen LogP contribution < -0.4 is 9.46 Å². The van der Waals surface area contributed by atoms with Crippen LogP contribution in [-0.4, -0.2) is 35.9 Å². The van der Waals surface area contributed by atoms with E-state index in [0.29, 0.717) is 12.1 Å². The van der Waals surface area contributed by atoms with Crippen molar-refractivity contribution >= 4 is 25.5 Å². The van der Waals surface area contributed by atoms with Gasteiger partial charge in [-0.1, -0.05) is 0 Å². The lowest BCUT2D eigenvalue weighted by atomic mass is 10.2. The lowest BCUT2D eigenvalue weighted by Gasteiger charge is -2.17. The monoisotopic (exact) mass is 477 g/mol. The van der Waals surface area contributed by atoms with E-state index in [0.717, 1.165) is 30.5 Å². The summed E-state index contributed by atoms with van der Waals surface area (Å²) in [5.41, 5.74) is -2.20. The number of hydrogen-bond acceptors (Lipinski definition) is 5. The van der Waals surface area contributed by atoms with Crippen LogP contribution >= 0.6 is 0 Å². The molecule has 0 amide bonds. The van der Waals surface area contributed by atoms with E-state index in [2.05, 4.69) is 4.74 Å². The van der Waals surface area contributed by atoms with Crippen LogP contribution in [-0.2, 0) is 26.0 Å². The minimum Gasteiger partial charge on any atom is -0.482 e. The van der Waals surface area contributed by atoms with Crippen LogP contribution in [0, 0.1) is 0 Å². The Kier molecular flexibility index (Phi) is 6.33. The lowest BCUT2D eigenvalue weighted by molar-refractivity contribution is -0.153. The molecule has 166 valence electrons. The van der Waals surface area contributed by atoms with Crippen molar-refractivity contribution in [2.24, 2.45) is 0 Å². The summed E-state index contributed by atoms with van der Waals surface area (Å²) in [7, 11) is -8.23. The molecular formula is C16H13F6NO5S2. The Balaban J connectivity index is 2.44. The molecule has 0 fully saturated rings. The van der Waals surface area contributed by atoms with Crippen molar-refractivity contribution in [2.75, 3.05) is 17.6 Å². The number of sulfonamides is 1. The molecule has 0 aromatic heterocycles. The van der Waals surface area contributed by atoms with E-state index >= 15 is 0 Å². The fraction of sp³-hybridized carbons (Fsp3) is 0.250. The maximum absolute atomic E-state index is 12.9. The third-order valence-electron chi connectivity index (χ3n) is 3.50. The zero-order chi connectivity index (χ0) is 23.0. The van der Waals surface area contributed by atoms with Crippen LogP contribution in [0.25, 0.3) is 0 Å². The summed E-state index contributed by atoms with van der Waals surface area (Å²) >= 11 is 0. The quantitative estimate of drug-likeness (QED) is 0.639. The third kappa shape index (κ3) is 6.26.